The van der Waals surface area contributed by atoms with Gasteiger partial charge in [-0.15, -0.1) is 0 Å². The summed E-state index contributed by atoms with van der Waals surface area (Å²) in [6, 6.07) is 23.5. The largest absolute Gasteiger partial charge is 0.507 e. The van der Waals surface area contributed by atoms with E-state index in [2.05, 4.69) is 32.5 Å². The van der Waals surface area contributed by atoms with E-state index in [1.165, 1.54) is 6.21 Å². The molecule has 8 heteroatoms. The van der Waals surface area contributed by atoms with Crippen molar-refractivity contribution in [2.75, 3.05) is 6.61 Å². The fraction of sp³-hybridized carbons (Fsp3) is 0.107. The van der Waals surface area contributed by atoms with Crippen molar-refractivity contribution < 1.29 is 19.4 Å². The van der Waals surface area contributed by atoms with E-state index >= 15 is 0 Å². The number of ether oxygens (including phenoxy) is 2. The summed E-state index contributed by atoms with van der Waals surface area (Å²) in [5.41, 5.74) is 4.54. The summed E-state index contributed by atoms with van der Waals surface area (Å²) in [5, 5.41) is 25.3. The molecule has 0 aliphatic heterocycles. The van der Waals surface area contributed by atoms with Crippen molar-refractivity contribution >= 4 is 38.8 Å². The Kier molecular flexibility index (Phi) is 7.83. The molecule has 0 saturated carbocycles. The molecule has 0 aliphatic carbocycles. The smallest absolute Gasteiger partial charge is 0.275 e. The minimum absolute atomic E-state index is 0.123. The van der Waals surface area contributed by atoms with Crippen LogP contribution in [0.3, 0.4) is 0 Å². The van der Waals surface area contributed by atoms with E-state index in [1.54, 1.807) is 36.4 Å². The Bertz CT molecular complexity index is 1490. The molecule has 7 nitrogen and oxygen atoms in total. The van der Waals surface area contributed by atoms with Gasteiger partial charge < -0.3 is 14.6 Å². The number of carbonyl (C=O) groups is 1. The number of hydrazone groups is 1. The Balaban J connectivity index is 1.50. The second-order valence-corrected chi connectivity index (χ2v) is 8.59. The number of nitriles is 1. The monoisotopic (exact) mass is 543 g/mol. The van der Waals surface area contributed by atoms with E-state index in [4.69, 9.17) is 9.47 Å². The first-order valence-corrected chi connectivity index (χ1v) is 11.9. The van der Waals surface area contributed by atoms with Gasteiger partial charge in [0.15, 0.2) is 11.5 Å². The lowest BCUT2D eigenvalue weighted by molar-refractivity contribution is 0.0952. The van der Waals surface area contributed by atoms with Gasteiger partial charge in [-0.05, 0) is 69.5 Å². The lowest BCUT2D eigenvalue weighted by atomic mass is 10.1. The van der Waals surface area contributed by atoms with Gasteiger partial charge in [0.05, 0.1) is 34.5 Å². The van der Waals surface area contributed by atoms with Crippen LogP contribution in [0.5, 0.6) is 17.2 Å². The van der Waals surface area contributed by atoms with Gasteiger partial charge in [0.25, 0.3) is 5.91 Å². The van der Waals surface area contributed by atoms with Crippen LogP contribution in [0.4, 0.5) is 0 Å². The van der Waals surface area contributed by atoms with Gasteiger partial charge in [-0.3, -0.25) is 4.79 Å². The van der Waals surface area contributed by atoms with Gasteiger partial charge >= 0.3 is 0 Å². The Morgan fingerprint density at radius 2 is 1.81 bits per heavy atom. The molecule has 0 aromatic heterocycles. The highest BCUT2D eigenvalue weighted by Crippen LogP contribution is 2.37. The van der Waals surface area contributed by atoms with E-state index in [1.807, 2.05) is 43.3 Å². The number of carbonyl (C=O) groups excluding carboxylic acids is 1. The number of phenolic OH excluding ortho intramolecular Hbond substituents is 1. The average molecular weight is 544 g/mol. The standard InChI is InChI=1S/C28H22BrN3O4/c1-2-35-26-12-18(11-24(29)27(26)36-17-22-10-6-5-9-21(22)15-30)16-31-32-28(34)23-13-19-7-3-4-8-20(19)14-25(23)33/h3-14,16,33H,2,17H2,1H3,(H,32,34). The maximum absolute atomic E-state index is 12.6. The van der Waals surface area contributed by atoms with Crippen LogP contribution in [0.15, 0.2) is 82.4 Å². The molecular formula is C28H22BrN3O4. The molecule has 180 valence electrons. The molecule has 0 bridgehead atoms. The first-order chi connectivity index (χ1) is 17.5. The normalized spacial score (nSPS) is 10.8. The molecule has 0 fully saturated rings. The van der Waals surface area contributed by atoms with Gasteiger partial charge in [-0.2, -0.15) is 10.4 Å². The van der Waals surface area contributed by atoms with Crippen molar-refractivity contribution in [2.24, 2.45) is 5.10 Å². The van der Waals surface area contributed by atoms with Crippen molar-refractivity contribution in [3.8, 4) is 23.3 Å². The highest BCUT2D eigenvalue weighted by atomic mass is 79.9. The molecule has 0 aliphatic rings. The van der Waals surface area contributed by atoms with E-state index in [0.29, 0.717) is 33.7 Å². The number of rotatable bonds is 8. The summed E-state index contributed by atoms with van der Waals surface area (Å²) in [7, 11) is 0. The van der Waals surface area contributed by atoms with E-state index in [0.717, 1.165) is 16.3 Å². The minimum atomic E-state index is -0.533. The lowest BCUT2D eigenvalue weighted by Crippen LogP contribution is -2.17. The first kappa shape index (κ1) is 24.8. The van der Waals surface area contributed by atoms with Crippen LogP contribution in [0, 0.1) is 11.3 Å². The second kappa shape index (κ2) is 11.4. The summed E-state index contributed by atoms with van der Waals surface area (Å²) in [4.78, 5) is 12.6. The number of benzene rings is 4. The van der Waals surface area contributed by atoms with Crippen LogP contribution in [-0.2, 0) is 6.61 Å². The highest BCUT2D eigenvalue weighted by molar-refractivity contribution is 9.10. The number of hydrogen-bond donors (Lipinski definition) is 2. The van der Waals surface area contributed by atoms with Gasteiger partial charge in [0.1, 0.15) is 12.4 Å². The molecule has 1 amide bonds. The molecule has 0 radical (unpaired) electrons. The molecule has 36 heavy (non-hydrogen) atoms. The third-order valence-electron chi connectivity index (χ3n) is 5.33. The summed E-state index contributed by atoms with van der Waals surface area (Å²) in [5.74, 6) is 0.324. The number of fused-ring (bicyclic) bond motifs is 1. The molecule has 4 aromatic rings. The quantitative estimate of drug-likeness (QED) is 0.212. The Morgan fingerprint density at radius 1 is 1.08 bits per heavy atom. The number of nitrogens with one attached hydrogen (secondary N) is 1. The summed E-state index contributed by atoms with van der Waals surface area (Å²) < 4.78 is 12.4. The number of aromatic hydroxyl groups is 1. The van der Waals surface area contributed by atoms with Crippen LogP contribution >= 0.6 is 15.9 Å². The fourth-order valence-electron chi connectivity index (χ4n) is 3.61. The zero-order valence-electron chi connectivity index (χ0n) is 19.4. The number of nitrogens with zero attached hydrogens (tertiary/aromatic N) is 2. The molecule has 4 aromatic carbocycles. The van der Waals surface area contributed by atoms with Crippen LogP contribution in [0.1, 0.15) is 34.0 Å². The van der Waals surface area contributed by atoms with Gasteiger partial charge in [-0.1, -0.05) is 42.5 Å². The molecular weight excluding hydrogens is 522 g/mol. The Labute approximate surface area is 216 Å². The maximum Gasteiger partial charge on any atom is 0.275 e. The number of halogens is 1. The van der Waals surface area contributed by atoms with Crippen LogP contribution in [-0.4, -0.2) is 23.8 Å². The van der Waals surface area contributed by atoms with Crippen LogP contribution < -0.4 is 14.9 Å². The second-order valence-electron chi connectivity index (χ2n) is 7.74. The summed E-state index contributed by atoms with van der Waals surface area (Å²) >= 11 is 3.52. The maximum atomic E-state index is 12.6. The van der Waals surface area contributed by atoms with Gasteiger partial charge in [-0.25, -0.2) is 5.43 Å². The highest BCUT2D eigenvalue weighted by Gasteiger charge is 2.14. The van der Waals surface area contributed by atoms with Crippen molar-refractivity contribution in [1.29, 1.82) is 5.26 Å². The molecule has 2 N–H and O–H groups in total. The van der Waals surface area contributed by atoms with Crippen molar-refractivity contribution in [3.05, 3.63) is 99.5 Å². The summed E-state index contributed by atoms with van der Waals surface area (Å²) in [6.07, 6.45) is 1.47. The third kappa shape index (κ3) is 5.65. The lowest BCUT2D eigenvalue weighted by Gasteiger charge is -2.15. The molecule has 0 unspecified atom stereocenters. The number of hydrogen-bond acceptors (Lipinski definition) is 6. The molecule has 4 rings (SSSR count). The third-order valence-corrected chi connectivity index (χ3v) is 5.92. The zero-order chi connectivity index (χ0) is 25.5. The van der Waals surface area contributed by atoms with E-state index in [-0.39, 0.29) is 17.9 Å². The zero-order valence-corrected chi connectivity index (χ0v) is 21.0. The van der Waals surface area contributed by atoms with Gasteiger partial charge in [0, 0.05) is 5.56 Å². The minimum Gasteiger partial charge on any atom is -0.507 e. The first-order valence-electron chi connectivity index (χ1n) is 11.1. The van der Waals surface area contributed by atoms with Crippen molar-refractivity contribution in [2.45, 2.75) is 13.5 Å². The SMILES string of the molecule is CCOc1cc(C=NNC(=O)c2cc3ccccc3cc2O)cc(Br)c1OCc1ccccc1C#N. The number of phenols is 1. The van der Waals surface area contributed by atoms with E-state index in [9.17, 15) is 15.2 Å². The Hall–Kier alpha value is -4.35. The number of amides is 1. The molecule has 0 spiro atoms. The molecule has 0 saturated heterocycles. The Morgan fingerprint density at radius 3 is 2.56 bits per heavy atom. The van der Waals surface area contributed by atoms with Crippen molar-refractivity contribution in [1.82, 2.24) is 5.43 Å². The molecule has 0 atom stereocenters. The average Bonchev–Trinajstić information content (AvgIpc) is 2.88. The van der Waals surface area contributed by atoms with Gasteiger partial charge in [0.2, 0.25) is 0 Å². The molecule has 0 heterocycles. The van der Waals surface area contributed by atoms with Crippen LogP contribution in [0.2, 0.25) is 0 Å². The fourth-order valence-corrected chi connectivity index (χ4v) is 4.18. The summed E-state index contributed by atoms with van der Waals surface area (Å²) in [6.45, 7) is 2.47. The predicted octanol–water partition coefficient (Wildman–Crippen LogP) is 5.92. The van der Waals surface area contributed by atoms with Crippen LogP contribution in [0.25, 0.3) is 10.8 Å². The topological polar surface area (TPSA) is 104 Å². The van der Waals surface area contributed by atoms with Crippen molar-refractivity contribution in [3.63, 3.8) is 0 Å². The van der Waals surface area contributed by atoms with E-state index < -0.39 is 5.91 Å². The predicted molar refractivity (Wildman–Crippen MR) is 141 cm³/mol.